The van der Waals surface area contributed by atoms with E-state index in [1.807, 2.05) is 11.8 Å². The van der Waals surface area contributed by atoms with Gasteiger partial charge in [-0.3, -0.25) is 4.99 Å². The Kier molecular flexibility index (Phi) is 2.31. The molecule has 1 heterocycles. The maximum Gasteiger partial charge on any atom is 0.157 e. The predicted molar refractivity (Wildman–Crippen MR) is 54.7 cm³/mol. The SMILES string of the molecule is CC1CN=C(NC(C)C2CC2)S1. The fraction of sp³-hybridized carbons (Fsp3) is 0.889. The predicted octanol–water partition coefficient (Wildman–Crippen LogP) is 1.87. The van der Waals surface area contributed by atoms with E-state index in [-0.39, 0.29) is 0 Å². The Balaban J connectivity index is 1.78. The summed E-state index contributed by atoms with van der Waals surface area (Å²) in [6.45, 7) is 5.48. The topological polar surface area (TPSA) is 24.4 Å². The van der Waals surface area contributed by atoms with Gasteiger partial charge in [-0.15, -0.1) is 0 Å². The highest BCUT2D eigenvalue weighted by Gasteiger charge is 2.29. The monoisotopic (exact) mass is 184 g/mol. The number of amidine groups is 1. The fourth-order valence-electron chi connectivity index (χ4n) is 1.47. The normalized spacial score (nSPS) is 31.5. The molecule has 0 spiro atoms. The van der Waals surface area contributed by atoms with Gasteiger partial charge in [0.15, 0.2) is 5.17 Å². The molecule has 0 saturated heterocycles. The van der Waals surface area contributed by atoms with Gasteiger partial charge in [0, 0.05) is 11.3 Å². The molecule has 68 valence electrons. The maximum atomic E-state index is 4.44. The molecule has 1 fully saturated rings. The van der Waals surface area contributed by atoms with Crippen molar-refractivity contribution in [3.8, 4) is 0 Å². The molecule has 12 heavy (non-hydrogen) atoms. The van der Waals surface area contributed by atoms with Crippen molar-refractivity contribution in [2.45, 2.75) is 38.0 Å². The molecule has 1 aliphatic carbocycles. The van der Waals surface area contributed by atoms with Crippen molar-refractivity contribution in [1.82, 2.24) is 5.32 Å². The molecule has 2 unspecified atom stereocenters. The average Bonchev–Trinajstić information content (AvgIpc) is 2.78. The van der Waals surface area contributed by atoms with Gasteiger partial charge in [0.1, 0.15) is 0 Å². The molecular weight excluding hydrogens is 168 g/mol. The summed E-state index contributed by atoms with van der Waals surface area (Å²) >= 11 is 1.88. The third-order valence-electron chi connectivity index (χ3n) is 2.49. The second-order valence-corrected chi connectivity index (χ2v) is 5.27. The van der Waals surface area contributed by atoms with Crippen LogP contribution in [0.1, 0.15) is 26.7 Å². The molecular formula is C9H16N2S. The second-order valence-electron chi connectivity index (χ2n) is 3.84. The molecule has 2 aliphatic rings. The van der Waals surface area contributed by atoms with Crippen molar-refractivity contribution < 1.29 is 0 Å². The van der Waals surface area contributed by atoms with Crippen LogP contribution in [0.3, 0.4) is 0 Å². The summed E-state index contributed by atoms with van der Waals surface area (Å²) in [4.78, 5) is 4.44. The smallest absolute Gasteiger partial charge is 0.157 e. The van der Waals surface area contributed by atoms with E-state index in [4.69, 9.17) is 0 Å². The van der Waals surface area contributed by atoms with E-state index >= 15 is 0 Å². The van der Waals surface area contributed by atoms with Crippen LogP contribution in [0.2, 0.25) is 0 Å². The van der Waals surface area contributed by atoms with E-state index in [1.54, 1.807) is 0 Å². The van der Waals surface area contributed by atoms with Crippen molar-refractivity contribution in [2.24, 2.45) is 10.9 Å². The Bertz CT molecular complexity index is 199. The quantitative estimate of drug-likeness (QED) is 0.708. The van der Waals surface area contributed by atoms with Gasteiger partial charge in [-0.1, -0.05) is 18.7 Å². The van der Waals surface area contributed by atoms with Crippen LogP contribution in [-0.2, 0) is 0 Å². The molecule has 2 rings (SSSR count). The first kappa shape index (κ1) is 8.42. The molecule has 0 aromatic heterocycles. The molecule has 2 nitrogen and oxygen atoms in total. The Morgan fingerprint density at radius 3 is 2.83 bits per heavy atom. The van der Waals surface area contributed by atoms with Crippen LogP contribution < -0.4 is 5.32 Å². The number of nitrogens with one attached hydrogen (secondary N) is 1. The Hall–Kier alpha value is -0.180. The summed E-state index contributed by atoms with van der Waals surface area (Å²) in [6.07, 6.45) is 2.81. The van der Waals surface area contributed by atoms with Gasteiger partial charge in [-0.25, -0.2) is 0 Å². The van der Waals surface area contributed by atoms with E-state index in [1.165, 1.54) is 18.0 Å². The zero-order valence-corrected chi connectivity index (χ0v) is 8.53. The summed E-state index contributed by atoms with van der Waals surface area (Å²) in [7, 11) is 0. The highest BCUT2D eigenvalue weighted by atomic mass is 32.2. The molecule has 2 atom stereocenters. The first-order chi connectivity index (χ1) is 5.75. The molecule has 0 aromatic carbocycles. The minimum absolute atomic E-state index is 0.640. The molecule has 0 amide bonds. The minimum Gasteiger partial charge on any atom is -0.362 e. The summed E-state index contributed by atoms with van der Waals surface area (Å²) in [5.41, 5.74) is 0. The number of thioether (sulfide) groups is 1. The summed E-state index contributed by atoms with van der Waals surface area (Å²) < 4.78 is 0. The molecule has 1 saturated carbocycles. The van der Waals surface area contributed by atoms with Gasteiger partial charge < -0.3 is 5.32 Å². The number of hydrogen-bond donors (Lipinski definition) is 1. The highest BCUT2D eigenvalue weighted by Crippen LogP contribution is 2.33. The van der Waals surface area contributed by atoms with Crippen molar-refractivity contribution in [3.63, 3.8) is 0 Å². The number of aliphatic imine (C=N–C) groups is 1. The van der Waals surface area contributed by atoms with Crippen LogP contribution in [0.15, 0.2) is 4.99 Å². The molecule has 0 radical (unpaired) electrons. The van der Waals surface area contributed by atoms with E-state index in [2.05, 4.69) is 24.2 Å². The van der Waals surface area contributed by atoms with E-state index in [0.29, 0.717) is 11.3 Å². The van der Waals surface area contributed by atoms with Gasteiger partial charge in [-0.2, -0.15) is 0 Å². The van der Waals surface area contributed by atoms with Crippen LogP contribution in [-0.4, -0.2) is 23.0 Å². The standard InChI is InChI=1S/C9H16N2S/c1-6-5-10-9(12-6)11-7(2)8-3-4-8/h6-8H,3-5H2,1-2H3,(H,10,11). The van der Waals surface area contributed by atoms with Gasteiger partial charge in [0.2, 0.25) is 0 Å². The van der Waals surface area contributed by atoms with Crippen LogP contribution in [0, 0.1) is 5.92 Å². The summed E-state index contributed by atoms with van der Waals surface area (Å²) in [5.74, 6) is 0.921. The lowest BCUT2D eigenvalue weighted by Gasteiger charge is -2.13. The molecule has 3 heteroatoms. The van der Waals surface area contributed by atoms with Crippen LogP contribution in [0.4, 0.5) is 0 Å². The minimum atomic E-state index is 0.640. The summed E-state index contributed by atoms with van der Waals surface area (Å²) in [5, 5.41) is 5.33. The number of hydrogen-bond acceptors (Lipinski definition) is 3. The maximum absolute atomic E-state index is 4.44. The van der Waals surface area contributed by atoms with E-state index in [9.17, 15) is 0 Å². The van der Waals surface area contributed by atoms with Crippen molar-refractivity contribution in [3.05, 3.63) is 0 Å². The summed E-state index contributed by atoms with van der Waals surface area (Å²) in [6, 6.07) is 0.640. The van der Waals surface area contributed by atoms with Crippen molar-refractivity contribution >= 4 is 16.9 Å². The van der Waals surface area contributed by atoms with E-state index < -0.39 is 0 Å². The lowest BCUT2D eigenvalue weighted by atomic mass is 10.2. The first-order valence-corrected chi connectivity index (χ1v) is 5.61. The third kappa shape index (κ3) is 1.94. The van der Waals surface area contributed by atoms with Crippen molar-refractivity contribution in [1.29, 1.82) is 0 Å². The average molecular weight is 184 g/mol. The number of nitrogens with zero attached hydrogens (tertiary/aromatic N) is 1. The van der Waals surface area contributed by atoms with Gasteiger partial charge >= 0.3 is 0 Å². The highest BCUT2D eigenvalue weighted by molar-refractivity contribution is 8.14. The third-order valence-corrected chi connectivity index (χ3v) is 3.51. The van der Waals surface area contributed by atoms with E-state index in [0.717, 1.165) is 12.5 Å². The lowest BCUT2D eigenvalue weighted by molar-refractivity contribution is 0.591. The molecule has 1 aliphatic heterocycles. The van der Waals surface area contributed by atoms with Crippen LogP contribution in [0.5, 0.6) is 0 Å². The van der Waals surface area contributed by atoms with Crippen LogP contribution >= 0.6 is 11.8 Å². The zero-order chi connectivity index (χ0) is 8.55. The Morgan fingerprint density at radius 2 is 2.33 bits per heavy atom. The van der Waals surface area contributed by atoms with Gasteiger partial charge in [0.25, 0.3) is 0 Å². The zero-order valence-electron chi connectivity index (χ0n) is 7.71. The van der Waals surface area contributed by atoms with Gasteiger partial charge in [-0.05, 0) is 25.7 Å². The molecule has 0 bridgehead atoms. The number of rotatable bonds is 2. The Labute approximate surface area is 78.2 Å². The fourth-order valence-corrected chi connectivity index (χ4v) is 2.40. The second kappa shape index (κ2) is 3.29. The van der Waals surface area contributed by atoms with Crippen molar-refractivity contribution in [2.75, 3.05) is 6.54 Å². The van der Waals surface area contributed by atoms with Crippen LogP contribution in [0.25, 0.3) is 0 Å². The van der Waals surface area contributed by atoms with Gasteiger partial charge in [0.05, 0.1) is 6.54 Å². The lowest BCUT2D eigenvalue weighted by Crippen LogP contribution is -2.31. The molecule has 1 N–H and O–H groups in total. The molecule has 0 aromatic rings. The Morgan fingerprint density at radius 1 is 1.58 bits per heavy atom. The first-order valence-electron chi connectivity index (χ1n) is 4.73. The largest absolute Gasteiger partial charge is 0.362 e.